The lowest BCUT2D eigenvalue weighted by molar-refractivity contribution is -0.270. The SMILES string of the molecule is COP(=O)([O-])OC[C@@H]1C[C@@H](O)CN1C(=O)CCCCCCCCCCCCC(=O)N[C@@H]1O[C@H](COCCC(=O)NCCCNC(=O)CCCCO[C@@H]2O[C@H](CO)[C@H](O)[C@H](O)[C@H]2NC(C)=O)[C@@H](OCCC(=O)NCCCNC(=O)CCCCO[C@@H]2O[C@H](CO)[C@H](O)[C@H](O)[C@H]2NC(C)=O)[C@H](OCCC(=O)NCCCNC(=O)CCCCO[C@@H]2O[C@H](CO)[C@H](O)[C@H](O)[C@H]2NC(C)=O)[C@H]1F. The number of ether oxygens (including phenoxy) is 10. The highest BCUT2D eigenvalue weighted by molar-refractivity contribution is 7.45. The normalized spacial score (nSPS) is 27.7. The molecular formula is C83H146FN11O35P-. The molecule has 1 unspecified atom stereocenters. The average Bonchev–Trinajstić information content (AvgIpc) is 1.74. The van der Waals surface area contributed by atoms with E-state index in [2.05, 4.69) is 57.7 Å². The second-order valence-corrected chi connectivity index (χ2v) is 34.6. The number of nitrogens with zero attached hydrogens (tertiary/aromatic N) is 1. The predicted octanol–water partition coefficient (Wildman–Crippen LogP) is -4.84. The van der Waals surface area contributed by atoms with Gasteiger partial charge < -0.3 is 170 Å². The first-order valence-corrected chi connectivity index (χ1v) is 47.2. The van der Waals surface area contributed by atoms with Crippen LogP contribution in [0, 0.1) is 0 Å². The van der Waals surface area contributed by atoms with Gasteiger partial charge in [-0.05, 0) is 77.0 Å². The standard InChI is InChI=1S/C83H147FN11O35P/c1-51(99)91-69-75(114)72(111)56(46-96)128-81(69)123-38-18-15-24-60(103)85-32-21-35-88-63(106)29-41-120-50-59-78(121-42-30-64(107)89-36-22-33-86-61(104)25-16-19-39-124-82-70(92-52(2)100)76(115)73(112)57(47-97)129-82)79(122-43-31-65(108)90-37-23-34-87-62(105)26-17-20-40-125-83-71(93-53(3)101)77(116)74(113)58(48-98)130-83)68(84)80(127-59)94-66(109)27-13-11-9-7-5-6-8-10-12-14-28-67(110)95-45-55(102)44-54(95)49-126-131(117,118)119-4/h54-59,68-83,96-98,102,111-116H,5-50H2,1-4H3,(H,85,103)(H,86,104)(H,87,105)(H,88,106)(H,89,107)(H,90,108)(H,91,99)(H,92,100)(H,93,101)(H,94,109)(H,117,118)/p-1/t54-,55+,56+,57+,58+,59+,68+,69+,70+,71+,72-,73-,74-,75+,76+,77+,78+,79+,80+,81+,82+,83+/m0/s1. The van der Waals surface area contributed by atoms with Crippen molar-refractivity contribution in [3.8, 4) is 0 Å². The summed E-state index contributed by atoms with van der Waals surface area (Å²) in [7, 11) is -3.54. The lowest BCUT2D eigenvalue weighted by Crippen LogP contribution is -2.64. The molecule has 5 saturated heterocycles. The molecule has 5 fully saturated rings. The van der Waals surface area contributed by atoms with Gasteiger partial charge in [-0.2, -0.15) is 0 Å². The summed E-state index contributed by atoms with van der Waals surface area (Å²) in [5.41, 5.74) is 0. The number of hydrogen-bond acceptors (Lipinski definition) is 35. The van der Waals surface area contributed by atoms with Gasteiger partial charge in [0.1, 0.15) is 91.4 Å². The van der Waals surface area contributed by atoms with Gasteiger partial charge >= 0.3 is 0 Å². The van der Waals surface area contributed by atoms with E-state index >= 15 is 4.39 Å². The molecule has 5 heterocycles. The van der Waals surface area contributed by atoms with E-state index in [0.717, 1.165) is 52.1 Å². The number of alkyl halides is 1. The summed E-state index contributed by atoms with van der Waals surface area (Å²) < 4.78 is 96.7. The molecule has 5 aliphatic heterocycles. The zero-order valence-electron chi connectivity index (χ0n) is 75.7. The number of aliphatic hydroxyl groups is 10. The van der Waals surface area contributed by atoms with Crippen LogP contribution in [0.3, 0.4) is 0 Å². The third-order valence-corrected chi connectivity index (χ3v) is 23.3. The van der Waals surface area contributed by atoms with Gasteiger partial charge in [0.15, 0.2) is 31.3 Å². The topological polar surface area (TPSA) is 665 Å². The van der Waals surface area contributed by atoms with Gasteiger partial charge in [0.2, 0.25) is 65.0 Å². The van der Waals surface area contributed by atoms with Gasteiger partial charge in [0, 0.05) is 145 Å². The van der Waals surface area contributed by atoms with E-state index in [1.165, 1.54) is 25.7 Å². The van der Waals surface area contributed by atoms with E-state index in [-0.39, 0.29) is 173 Å². The van der Waals surface area contributed by atoms with Crippen LogP contribution in [0.2, 0.25) is 0 Å². The van der Waals surface area contributed by atoms with Gasteiger partial charge in [-0.25, -0.2) is 4.39 Å². The number of hydrogen-bond donors (Lipinski definition) is 20. The number of unbranched alkanes of at least 4 members (excludes halogenated alkanes) is 12. The number of carbonyl (C=O) groups excluding carboxylic acids is 11. The summed E-state index contributed by atoms with van der Waals surface area (Å²) in [6.45, 7) is 1.35. The summed E-state index contributed by atoms with van der Waals surface area (Å²) >= 11 is 0. The number of carbonyl (C=O) groups is 11. The first-order valence-electron chi connectivity index (χ1n) is 45.7. The molecule has 11 amide bonds. The highest BCUT2D eigenvalue weighted by Crippen LogP contribution is 2.38. The molecule has 23 atom stereocenters. The van der Waals surface area contributed by atoms with Crippen molar-refractivity contribution >= 4 is 72.8 Å². The average molecular weight is 1910 g/mol. The number of phosphoric ester groups is 1. The summed E-state index contributed by atoms with van der Waals surface area (Å²) in [5.74, 6) is -4.59. The highest BCUT2D eigenvalue weighted by Gasteiger charge is 2.51. The highest BCUT2D eigenvalue weighted by atomic mass is 31.2. The van der Waals surface area contributed by atoms with Crippen LogP contribution in [0.15, 0.2) is 0 Å². The first kappa shape index (κ1) is 115. The number of halogens is 1. The number of nitrogens with one attached hydrogen (secondary N) is 10. The fourth-order valence-electron chi connectivity index (χ4n) is 15.2. The largest absolute Gasteiger partial charge is 0.756 e. The Morgan fingerprint density at radius 2 is 0.725 bits per heavy atom. The fourth-order valence-corrected chi connectivity index (χ4v) is 15.6. The van der Waals surface area contributed by atoms with E-state index in [1.807, 2.05) is 0 Å². The summed E-state index contributed by atoms with van der Waals surface area (Å²) in [6.07, 6.45) is -13.8. The number of likely N-dealkylation sites (tertiary alicyclic amines) is 1. The smallest absolute Gasteiger partial charge is 0.267 e. The molecular weight excluding hydrogens is 1760 g/mol. The number of rotatable bonds is 67. The Morgan fingerprint density at radius 1 is 0.389 bits per heavy atom. The van der Waals surface area contributed by atoms with E-state index in [0.29, 0.717) is 77.0 Å². The zero-order valence-corrected chi connectivity index (χ0v) is 76.6. The van der Waals surface area contributed by atoms with Gasteiger partial charge in [0.25, 0.3) is 7.82 Å². The molecule has 5 rings (SSSR count). The lowest BCUT2D eigenvalue weighted by Gasteiger charge is -2.43. The third kappa shape index (κ3) is 44.4. The van der Waals surface area contributed by atoms with Crippen LogP contribution in [0.25, 0.3) is 0 Å². The van der Waals surface area contributed by atoms with Crippen molar-refractivity contribution in [2.24, 2.45) is 0 Å². The van der Waals surface area contributed by atoms with Crippen LogP contribution < -0.4 is 58.1 Å². The molecule has 756 valence electrons. The molecule has 0 bridgehead atoms. The van der Waals surface area contributed by atoms with E-state index in [1.54, 1.807) is 0 Å². The maximum absolute atomic E-state index is 17.3. The van der Waals surface area contributed by atoms with Crippen LogP contribution in [0.4, 0.5) is 4.39 Å². The van der Waals surface area contributed by atoms with Crippen molar-refractivity contribution in [3.63, 3.8) is 0 Å². The number of β-amino-alcohol motifs (C(OH)–C–C–N with tert-alkyl or cyclic N) is 1. The van der Waals surface area contributed by atoms with Crippen LogP contribution in [0.5, 0.6) is 0 Å². The molecule has 0 aromatic carbocycles. The Hall–Kier alpha value is -6.59. The molecule has 0 saturated carbocycles. The fraction of sp³-hybridized carbons (Fsp3) is 0.867. The van der Waals surface area contributed by atoms with Crippen LogP contribution in [0.1, 0.15) is 201 Å². The van der Waals surface area contributed by atoms with Crippen LogP contribution in [-0.4, -0.2) is 381 Å². The molecule has 0 aromatic rings. The molecule has 0 aromatic heterocycles. The summed E-state index contributed by atoms with van der Waals surface area (Å²) in [4.78, 5) is 153. The molecule has 0 spiro atoms. The Kier molecular flexibility index (Phi) is 56.5. The van der Waals surface area contributed by atoms with Crippen molar-refractivity contribution in [3.05, 3.63) is 0 Å². The number of phosphoric acid groups is 1. The van der Waals surface area contributed by atoms with Crippen LogP contribution in [-0.2, 0) is 114 Å². The van der Waals surface area contributed by atoms with Gasteiger partial charge in [0.05, 0.1) is 65.0 Å². The number of aliphatic hydroxyl groups excluding tert-OH is 10. The van der Waals surface area contributed by atoms with Crippen molar-refractivity contribution in [1.29, 1.82) is 0 Å². The zero-order chi connectivity index (χ0) is 96.2. The van der Waals surface area contributed by atoms with E-state index in [9.17, 15) is 113 Å². The number of amides is 11. The molecule has 0 radical (unpaired) electrons. The minimum Gasteiger partial charge on any atom is -0.756 e. The Labute approximate surface area is 762 Å². The van der Waals surface area contributed by atoms with Crippen LogP contribution >= 0.6 is 7.82 Å². The lowest BCUT2D eigenvalue weighted by atomic mass is 9.97. The molecule has 0 aliphatic carbocycles. The second kappa shape index (κ2) is 64.4. The minimum absolute atomic E-state index is 0.0101. The molecule has 20 N–H and O–H groups in total. The van der Waals surface area contributed by atoms with Crippen molar-refractivity contribution in [2.75, 3.05) is 126 Å². The van der Waals surface area contributed by atoms with Crippen molar-refractivity contribution in [2.45, 2.75) is 335 Å². The maximum Gasteiger partial charge on any atom is 0.267 e. The second-order valence-electron chi connectivity index (χ2n) is 33.1. The third-order valence-electron chi connectivity index (χ3n) is 22.3. The summed E-state index contributed by atoms with van der Waals surface area (Å²) in [5, 5.41) is 128. The molecule has 46 nitrogen and oxygen atoms in total. The quantitative estimate of drug-likeness (QED) is 0.0201. The Balaban J connectivity index is 1.14. The maximum atomic E-state index is 17.3. The van der Waals surface area contributed by atoms with Crippen molar-refractivity contribution in [1.82, 2.24) is 58.1 Å². The van der Waals surface area contributed by atoms with Gasteiger partial charge in [-0.15, -0.1) is 0 Å². The Bertz CT molecular complexity index is 3420. The van der Waals surface area contributed by atoms with E-state index in [4.69, 9.17) is 51.9 Å². The first-order chi connectivity index (χ1) is 62.7. The van der Waals surface area contributed by atoms with Gasteiger partial charge in [-0.1, -0.05) is 51.4 Å². The van der Waals surface area contributed by atoms with Crippen molar-refractivity contribution < 1.29 is 174 Å². The van der Waals surface area contributed by atoms with Gasteiger partial charge in [-0.3, -0.25) is 57.3 Å². The Morgan fingerprint density at radius 3 is 1.09 bits per heavy atom. The molecule has 131 heavy (non-hydrogen) atoms. The predicted molar refractivity (Wildman–Crippen MR) is 455 cm³/mol. The van der Waals surface area contributed by atoms with E-state index < -0.39 is 210 Å². The monoisotopic (exact) mass is 1910 g/mol. The molecule has 48 heteroatoms. The minimum atomic E-state index is -4.51. The molecule has 5 aliphatic rings. The summed E-state index contributed by atoms with van der Waals surface area (Å²) in [6, 6.07) is -3.96.